The van der Waals surface area contributed by atoms with Crippen LogP contribution >= 0.6 is 11.3 Å². The third-order valence-corrected chi connectivity index (χ3v) is 6.74. The molecule has 0 radical (unpaired) electrons. The standard InChI is InChI=1S/C26H21N3O4S/c1-33-14-13-28(26-27-21-9-5-6-10-22(21)34-26)23(30)18-11-12-19-20(15-18)25(32)29(24(19)31)16-17-7-3-2-4-8-17/h2-12,15H,13-14,16H2,1H3. The van der Waals surface area contributed by atoms with Gasteiger partial charge in [-0.15, -0.1) is 0 Å². The van der Waals surface area contributed by atoms with Crippen molar-refractivity contribution >= 4 is 44.4 Å². The second-order valence-electron chi connectivity index (χ2n) is 7.86. The number of amides is 3. The maximum Gasteiger partial charge on any atom is 0.261 e. The molecule has 0 spiro atoms. The quantitative estimate of drug-likeness (QED) is 0.374. The monoisotopic (exact) mass is 471 g/mol. The minimum absolute atomic E-state index is 0.183. The summed E-state index contributed by atoms with van der Waals surface area (Å²) in [4.78, 5) is 46.8. The lowest BCUT2D eigenvalue weighted by Gasteiger charge is -2.19. The molecule has 5 rings (SSSR count). The Balaban J connectivity index is 1.45. The third kappa shape index (κ3) is 3.98. The van der Waals surface area contributed by atoms with Crippen LogP contribution < -0.4 is 4.90 Å². The van der Waals surface area contributed by atoms with E-state index in [1.165, 1.54) is 22.3 Å². The molecule has 0 bridgehead atoms. The van der Waals surface area contributed by atoms with Crippen molar-refractivity contribution in [2.75, 3.05) is 25.2 Å². The number of carbonyl (C=O) groups is 3. The van der Waals surface area contributed by atoms with Crippen LogP contribution in [-0.2, 0) is 11.3 Å². The number of aromatic nitrogens is 1. The Morgan fingerprint density at radius 2 is 1.71 bits per heavy atom. The molecular formula is C26H21N3O4S. The van der Waals surface area contributed by atoms with Gasteiger partial charge in [0.15, 0.2) is 5.13 Å². The van der Waals surface area contributed by atoms with Crippen molar-refractivity contribution in [3.63, 3.8) is 0 Å². The predicted molar refractivity (Wildman–Crippen MR) is 130 cm³/mol. The van der Waals surface area contributed by atoms with Crippen LogP contribution in [-0.4, -0.2) is 47.9 Å². The molecule has 0 saturated carbocycles. The summed E-state index contributed by atoms with van der Waals surface area (Å²) in [6, 6.07) is 21.7. The molecule has 0 unspecified atom stereocenters. The highest BCUT2D eigenvalue weighted by molar-refractivity contribution is 7.22. The predicted octanol–water partition coefficient (Wildman–Crippen LogP) is 4.39. The number of anilines is 1. The van der Waals surface area contributed by atoms with E-state index in [9.17, 15) is 14.4 Å². The average Bonchev–Trinajstić information content (AvgIpc) is 3.39. The topological polar surface area (TPSA) is 79.8 Å². The summed E-state index contributed by atoms with van der Waals surface area (Å²) >= 11 is 1.42. The maximum absolute atomic E-state index is 13.5. The molecule has 2 heterocycles. The summed E-state index contributed by atoms with van der Waals surface area (Å²) in [7, 11) is 1.57. The van der Waals surface area contributed by atoms with Gasteiger partial charge in [0, 0.05) is 12.7 Å². The largest absolute Gasteiger partial charge is 0.383 e. The SMILES string of the molecule is COCCN(C(=O)c1ccc2c(c1)C(=O)N(Cc1ccccc1)C2=O)c1nc2ccccc2s1. The zero-order valence-electron chi connectivity index (χ0n) is 18.4. The minimum atomic E-state index is -0.401. The van der Waals surface area contributed by atoms with Gasteiger partial charge >= 0.3 is 0 Å². The van der Waals surface area contributed by atoms with Crippen LogP contribution in [0.3, 0.4) is 0 Å². The van der Waals surface area contributed by atoms with Crippen molar-refractivity contribution in [1.29, 1.82) is 0 Å². The Bertz CT molecular complexity index is 1370. The molecule has 4 aromatic rings. The van der Waals surface area contributed by atoms with E-state index in [1.807, 2.05) is 54.6 Å². The fourth-order valence-electron chi connectivity index (χ4n) is 3.93. The zero-order valence-corrected chi connectivity index (χ0v) is 19.2. The molecule has 8 heteroatoms. The average molecular weight is 472 g/mol. The Labute approximate surface area is 200 Å². The summed E-state index contributed by atoms with van der Waals surface area (Å²) < 4.78 is 6.18. The maximum atomic E-state index is 13.5. The third-order valence-electron chi connectivity index (χ3n) is 5.68. The van der Waals surface area contributed by atoms with Gasteiger partial charge < -0.3 is 4.74 Å². The summed E-state index contributed by atoms with van der Waals surface area (Å²) in [5.74, 6) is -1.06. The van der Waals surface area contributed by atoms with Gasteiger partial charge in [0.2, 0.25) is 0 Å². The molecule has 0 N–H and O–H groups in total. The highest BCUT2D eigenvalue weighted by Crippen LogP contribution is 2.31. The van der Waals surface area contributed by atoms with E-state index in [1.54, 1.807) is 24.1 Å². The Hall–Kier alpha value is -3.88. The number of methoxy groups -OCH3 is 1. The number of para-hydroxylation sites is 1. The molecule has 170 valence electrons. The summed E-state index contributed by atoms with van der Waals surface area (Å²) in [5.41, 5.74) is 2.53. The van der Waals surface area contributed by atoms with E-state index in [4.69, 9.17) is 4.74 Å². The van der Waals surface area contributed by atoms with Gasteiger partial charge in [0.1, 0.15) is 0 Å². The molecule has 1 aromatic heterocycles. The van der Waals surface area contributed by atoms with E-state index >= 15 is 0 Å². The number of rotatable bonds is 7. The summed E-state index contributed by atoms with van der Waals surface area (Å²) in [6.07, 6.45) is 0. The van der Waals surface area contributed by atoms with Crippen LogP contribution in [0, 0.1) is 0 Å². The van der Waals surface area contributed by atoms with Gasteiger partial charge in [-0.1, -0.05) is 53.8 Å². The van der Waals surface area contributed by atoms with E-state index in [0.29, 0.717) is 29.4 Å². The number of hydrogen-bond acceptors (Lipinski definition) is 6. The number of nitrogens with zero attached hydrogens (tertiary/aromatic N) is 3. The zero-order chi connectivity index (χ0) is 23.7. The molecule has 0 fully saturated rings. The lowest BCUT2D eigenvalue weighted by Crippen LogP contribution is -2.34. The lowest BCUT2D eigenvalue weighted by atomic mass is 10.0. The molecule has 0 aliphatic carbocycles. The fourth-order valence-corrected chi connectivity index (χ4v) is 4.92. The number of fused-ring (bicyclic) bond motifs is 2. The summed E-state index contributed by atoms with van der Waals surface area (Å²) in [6.45, 7) is 0.816. The number of hydrogen-bond donors (Lipinski definition) is 0. The van der Waals surface area contributed by atoms with E-state index in [2.05, 4.69) is 4.98 Å². The molecule has 0 saturated heterocycles. The Morgan fingerprint density at radius 1 is 0.971 bits per heavy atom. The van der Waals surface area contributed by atoms with Crippen molar-refractivity contribution in [3.05, 3.63) is 95.1 Å². The first kappa shape index (κ1) is 21.9. The Kier molecular flexibility index (Phi) is 5.91. The molecule has 3 aromatic carbocycles. The number of ether oxygens (including phenoxy) is 1. The molecule has 1 aliphatic heterocycles. The highest BCUT2D eigenvalue weighted by atomic mass is 32.1. The highest BCUT2D eigenvalue weighted by Gasteiger charge is 2.36. The van der Waals surface area contributed by atoms with Crippen LogP contribution in [0.25, 0.3) is 10.2 Å². The van der Waals surface area contributed by atoms with E-state index in [0.717, 1.165) is 15.8 Å². The van der Waals surface area contributed by atoms with Gasteiger partial charge in [0.05, 0.1) is 41.0 Å². The van der Waals surface area contributed by atoms with Crippen molar-refractivity contribution < 1.29 is 19.1 Å². The van der Waals surface area contributed by atoms with Crippen molar-refractivity contribution in [3.8, 4) is 0 Å². The normalized spacial score (nSPS) is 12.9. The van der Waals surface area contributed by atoms with Gasteiger partial charge in [-0.2, -0.15) is 0 Å². The molecule has 7 nitrogen and oxygen atoms in total. The number of benzene rings is 3. The first-order chi connectivity index (χ1) is 16.6. The van der Waals surface area contributed by atoms with Gasteiger partial charge in [-0.3, -0.25) is 24.2 Å². The first-order valence-electron chi connectivity index (χ1n) is 10.8. The lowest BCUT2D eigenvalue weighted by molar-refractivity contribution is 0.0642. The van der Waals surface area contributed by atoms with Crippen LogP contribution in [0.1, 0.15) is 36.6 Å². The van der Waals surface area contributed by atoms with Crippen LogP contribution in [0.2, 0.25) is 0 Å². The van der Waals surface area contributed by atoms with Crippen LogP contribution in [0.4, 0.5) is 5.13 Å². The second kappa shape index (κ2) is 9.17. The second-order valence-corrected chi connectivity index (χ2v) is 8.87. The Morgan fingerprint density at radius 3 is 2.47 bits per heavy atom. The molecule has 34 heavy (non-hydrogen) atoms. The number of carbonyl (C=O) groups excluding carboxylic acids is 3. The minimum Gasteiger partial charge on any atom is -0.383 e. The smallest absolute Gasteiger partial charge is 0.261 e. The first-order valence-corrected chi connectivity index (χ1v) is 11.6. The van der Waals surface area contributed by atoms with Crippen LogP contribution in [0.15, 0.2) is 72.8 Å². The van der Waals surface area contributed by atoms with Crippen molar-refractivity contribution in [2.24, 2.45) is 0 Å². The summed E-state index contributed by atoms with van der Waals surface area (Å²) in [5, 5.41) is 0.553. The molecule has 1 aliphatic rings. The van der Waals surface area contributed by atoms with Gasteiger partial charge in [0.25, 0.3) is 17.7 Å². The van der Waals surface area contributed by atoms with Gasteiger partial charge in [-0.05, 0) is 35.9 Å². The molecule has 3 amide bonds. The number of imide groups is 1. The molecule has 0 atom stereocenters. The number of thiazole rings is 1. The van der Waals surface area contributed by atoms with Crippen molar-refractivity contribution in [1.82, 2.24) is 9.88 Å². The van der Waals surface area contributed by atoms with Gasteiger partial charge in [-0.25, -0.2) is 4.98 Å². The van der Waals surface area contributed by atoms with Crippen LogP contribution in [0.5, 0.6) is 0 Å². The van der Waals surface area contributed by atoms with Crippen molar-refractivity contribution in [2.45, 2.75) is 6.54 Å². The van der Waals surface area contributed by atoms with E-state index < -0.39 is 5.91 Å². The fraction of sp³-hybridized carbons (Fsp3) is 0.154. The molecular weight excluding hydrogens is 450 g/mol. The van der Waals surface area contributed by atoms with E-state index in [-0.39, 0.29) is 23.9 Å².